The molecule has 4 nitrogen and oxygen atoms in total. The van der Waals surface area contributed by atoms with Gasteiger partial charge in [-0.05, 0) is 34.9 Å². The Labute approximate surface area is 173 Å². The first kappa shape index (κ1) is 20.6. The van der Waals surface area contributed by atoms with E-state index in [2.05, 4.69) is 32.1 Å². The molecule has 8 heteroatoms. The minimum atomic E-state index is -4.71. The van der Waals surface area contributed by atoms with Crippen molar-refractivity contribution in [3.63, 3.8) is 0 Å². The van der Waals surface area contributed by atoms with Crippen molar-refractivity contribution < 1.29 is 18.0 Å². The zero-order chi connectivity index (χ0) is 21.0. The average Bonchev–Trinajstić information content (AvgIpc) is 3.08. The molecule has 0 atom stereocenters. The minimum Gasteiger partial charge on any atom is -0.321 e. The van der Waals surface area contributed by atoms with E-state index in [0.717, 1.165) is 32.0 Å². The number of hydrogen-bond acceptors (Lipinski definition) is 2. The SMILES string of the molecule is Cn1cc(C(=O)NC=C=Cc2ccccc2-c2ccc(Br)cc2)c(C(F)(F)F)n1. The summed E-state index contributed by atoms with van der Waals surface area (Å²) in [7, 11) is 1.32. The molecule has 1 aromatic heterocycles. The Hall–Kier alpha value is -3.09. The third-order valence-corrected chi connectivity index (χ3v) is 4.51. The normalized spacial score (nSPS) is 10.9. The van der Waals surface area contributed by atoms with E-state index in [1.807, 2.05) is 48.5 Å². The van der Waals surface area contributed by atoms with Gasteiger partial charge in [-0.1, -0.05) is 52.3 Å². The van der Waals surface area contributed by atoms with Gasteiger partial charge in [0.15, 0.2) is 5.69 Å². The molecule has 3 rings (SSSR count). The van der Waals surface area contributed by atoms with Crippen molar-refractivity contribution in [3.8, 4) is 11.1 Å². The summed E-state index contributed by atoms with van der Waals surface area (Å²) in [6, 6.07) is 15.4. The number of amides is 1. The maximum Gasteiger partial charge on any atom is 0.435 e. The smallest absolute Gasteiger partial charge is 0.321 e. The fourth-order valence-electron chi connectivity index (χ4n) is 2.70. The lowest BCUT2D eigenvalue weighted by Crippen LogP contribution is -2.20. The van der Waals surface area contributed by atoms with Gasteiger partial charge in [-0.3, -0.25) is 9.48 Å². The van der Waals surface area contributed by atoms with Gasteiger partial charge in [0, 0.05) is 23.9 Å². The molecule has 1 N–H and O–H groups in total. The maximum absolute atomic E-state index is 13.0. The van der Waals surface area contributed by atoms with E-state index in [4.69, 9.17) is 0 Å². The zero-order valence-electron chi connectivity index (χ0n) is 15.2. The summed E-state index contributed by atoms with van der Waals surface area (Å²) in [5.41, 5.74) is 3.81. The molecule has 1 amide bonds. The Morgan fingerprint density at radius 2 is 1.86 bits per heavy atom. The summed E-state index contributed by atoms with van der Waals surface area (Å²) in [5.74, 6) is -0.910. The summed E-state index contributed by atoms with van der Waals surface area (Å²) in [6.45, 7) is 0. The van der Waals surface area contributed by atoms with Crippen molar-refractivity contribution >= 4 is 27.9 Å². The molecule has 148 valence electrons. The third-order valence-electron chi connectivity index (χ3n) is 3.98. The van der Waals surface area contributed by atoms with E-state index in [0.29, 0.717) is 0 Å². The molecule has 0 aliphatic heterocycles. The topological polar surface area (TPSA) is 46.9 Å². The number of aryl methyl sites for hydroxylation is 1. The minimum absolute atomic E-state index is 0.548. The number of nitrogens with zero attached hydrogens (tertiary/aromatic N) is 2. The van der Waals surface area contributed by atoms with Crippen molar-refractivity contribution in [2.45, 2.75) is 6.18 Å². The monoisotopic (exact) mass is 461 g/mol. The van der Waals surface area contributed by atoms with Crippen LogP contribution in [0.2, 0.25) is 0 Å². The van der Waals surface area contributed by atoms with Crippen molar-refractivity contribution in [3.05, 3.63) is 88.0 Å². The van der Waals surface area contributed by atoms with E-state index in [1.54, 1.807) is 6.08 Å². The van der Waals surface area contributed by atoms with Crippen LogP contribution in [-0.2, 0) is 13.2 Å². The van der Waals surface area contributed by atoms with Crippen molar-refractivity contribution in [2.24, 2.45) is 7.05 Å². The Kier molecular flexibility index (Phi) is 6.06. The number of alkyl halides is 3. The molecule has 0 bridgehead atoms. The molecule has 0 fully saturated rings. The fourth-order valence-corrected chi connectivity index (χ4v) is 2.96. The van der Waals surface area contributed by atoms with Gasteiger partial charge in [-0.25, -0.2) is 0 Å². The average molecular weight is 462 g/mol. The molecular weight excluding hydrogens is 447 g/mol. The van der Waals surface area contributed by atoms with Gasteiger partial charge in [-0.15, -0.1) is 5.73 Å². The van der Waals surface area contributed by atoms with Crippen LogP contribution in [0.3, 0.4) is 0 Å². The number of hydrogen-bond donors (Lipinski definition) is 1. The highest BCUT2D eigenvalue weighted by Crippen LogP contribution is 2.30. The summed E-state index contributed by atoms with van der Waals surface area (Å²) in [6.07, 6.45) is -0.866. The highest BCUT2D eigenvalue weighted by molar-refractivity contribution is 9.10. The van der Waals surface area contributed by atoms with E-state index in [1.165, 1.54) is 13.2 Å². The second-order valence-electron chi connectivity index (χ2n) is 6.09. The standard InChI is InChI=1S/C21H15BrF3N3O/c1-28-13-18(19(27-28)21(23,24)25)20(29)26-12-4-6-14-5-2-3-7-17(14)15-8-10-16(22)11-9-15/h2-3,5-13H,1H3,(H,26,29). The van der Waals surface area contributed by atoms with Gasteiger partial charge in [0.25, 0.3) is 5.91 Å². The van der Waals surface area contributed by atoms with Gasteiger partial charge < -0.3 is 5.32 Å². The van der Waals surface area contributed by atoms with Crippen LogP contribution in [0.1, 0.15) is 21.6 Å². The van der Waals surface area contributed by atoms with Crippen LogP contribution in [0, 0.1) is 0 Å². The lowest BCUT2D eigenvalue weighted by atomic mass is 10.00. The Bertz CT molecular complexity index is 1100. The molecule has 29 heavy (non-hydrogen) atoms. The lowest BCUT2D eigenvalue weighted by Gasteiger charge is -2.06. The highest BCUT2D eigenvalue weighted by Gasteiger charge is 2.38. The predicted octanol–water partition coefficient (Wildman–Crippen LogP) is 5.42. The molecule has 0 aliphatic rings. The number of carbonyl (C=O) groups excluding carboxylic acids is 1. The Morgan fingerprint density at radius 1 is 1.17 bits per heavy atom. The first-order chi connectivity index (χ1) is 13.8. The number of rotatable bonds is 4. The van der Waals surface area contributed by atoms with Crippen LogP contribution >= 0.6 is 15.9 Å². The number of benzene rings is 2. The quantitative estimate of drug-likeness (QED) is 0.527. The summed E-state index contributed by atoms with van der Waals surface area (Å²) in [4.78, 5) is 12.1. The molecule has 0 saturated carbocycles. The molecule has 0 spiro atoms. The summed E-state index contributed by atoms with van der Waals surface area (Å²) < 4.78 is 40.8. The van der Waals surface area contributed by atoms with Gasteiger partial charge >= 0.3 is 6.18 Å². The van der Waals surface area contributed by atoms with Gasteiger partial charge in [-0.2, -0.15) is 18.3 Å². The third kappa shape index (κ3) is 5.04. The fraction of sp³-hybridized carbons (Fsp3) is 0.0952. The van der Waals surface area contributed by atoms with E-state index >= 15 is 0 Å². The molecule has 0 radical (unpaired) electrons. The largest absolute Gasteiger partial charge is 0.435 e. The number of halogens is 4. The zero-order valence-corrected chi connectivity index (χ0v) is 16.8. The van der Waals surface area contributed by atoms with E-state index < -0.39 is 23.3 Å². The summed E-state index contributed by atoms with van der Waals surface area (Å²) in [5, 5.41) is 5.61. The van der Waals surface area contributed by atoms with Crippen LogP contribution in [0.5, 0.6) is 0 Å². The van der Waals surface area contributed by atoms with Crippen LogP contribution in [-0.4, -0.2) is 15.7 Å². The molecule has 0 saturated heterocycles. The molecule has 2 aromatic carbocycles. The Morgan fingerprint density at radius 3 is 2.55 bits per heavy atom. The van der Waals surface area contributed by atoms with Crippen LogP contribution in [0.4, 0.5) is 13.2 Å². The van der Waals surface area contributed by atoms with Crippen molar-refractivity contribution in [1.82, 2.24) is 15.1 Å². The molecule has 0 aliphatic carbocycles. The molecular formula is C21H15BrF3N3O. The van der Waals surface area contributed by atoms with Crippen LogP contribution in [0.15, 0.2) is 71.1 Å². The second-order valence-corrected chi connectivity index (χ2v) is 7.00. The first-order valence-electron chi connectivity index (χ1n) is 8.43. The maximum atomic E-state index is 13.0. The van der Waals surface area contributed by atoms with Crippen molar-refractivity contribution in [2.75, 3.05) is 0 Å². The lowest BCUT2D eigenvalue weighted by molar-refractivity contribution is -0.141. The van der Waals surface area contributed by atoms with Gasteiger partial charge in [0.1, 0.15) is 0 Å². The second kappa shape index (κ2) is 8.51. The predicted molar refractivity (Wildman–Crippen MR) is 108 cm³/mol. The molecule has 0 unspecified atom stereocenters. The number of carbonyl (C=O) groups is 1. The van der Waals surface area contributed by atoms with E-state index in [-0.39, 0.29) is 0 Å². The Balaban J connectivity index is 1.80. The van der Waals surface area contributed by atoms with Crippen LogP contribution in [0.25, 0.3) is 17.2 Å². The molecule has 3 aromatic rings. The summed E-state index contributed by atoms with van der Waals surface area (Å²) >= 11 is 3.40. The number of aromatic nitrogens is 2. The van der Waals surface area contributed by atoms with Gasteiger partial charge in [0.05, 0.1) is 5.56 Å². The van der Waals surface area contributed by atoms with E-state index in [9.17, 15) is 18.0 Å². The number of nitrogens with one attached hydrogen (secondary N) is 1. The first-order valence-corrected chi connectivity index (χ1v) is 9.22. The highest BCUT2D eigenvalue weighted by atomic mass is 79.9. The van der Waals surface area contributed by atoms with Crippen molar-refractivity contribution in [1.29, 1.82) is 0 Å². The van der Waals surface area contributed by atoms with Gasteiger partial charge in [0.2, 0.25) is 0 Å². The molecule has 1 heterocycles. The van der Waals surface area contributed by atoms with Crippen LogP contribution < -0.4 is 5.32 Å².